The van der Waals surface area contributed by atoms with E-state index in [0.717, 1.165) is 60.9 Å². The summed E-state index contributed by atoms with van der Waals surface area (Å²) in [5.74, 6) is -0.540. The Morgan fingerprint density at radius 3 is 2.38 bits per heavy atom. The molecule has 0 radical (unpaired) electrons. The summed E-state index contributed by atoms with van der Waals surface area (Å²) in [5.41, 5.74) is 8.96. The number of carbonyl (C=O) groups excluding carboxylic acids is 1. The van der Waals surface area contributed by atoms with Crippen molar-refractivity contribution in [1.29, 1.82) is 0 Å². The van der Waals surface area contributed by atoms with E-state index in [1.165, 1.54) is 0 Å². The number of aryl methyl sites for hydroxylation is 6. The summed E-state index contributed by atoms with van der Waals surface area (Å²) in [6, 6.07) is 11.0. The van der Waals surface area contributed by atoms with E-state index >= 15 is 0 Å². The van der Waals surface area contributed by atoms with Gasteiger partial charge in [-0.2, -0.15) is 10.2 Å². The number of halogens is 2. The second-order valence-corrected chi connectivity index (χ2v) is 14.1. The predicted molar refractivity (Wildman–Crippen MR) is 197 cm³/mol. The molecule has 1 aliphatic rings. The van der Waals surface area contributed by atoms with Crippen LogP contribution in [-0.4, -0.2) is 54.3 Å². The van der Waals surface area contributed by atoms with E-state index in [4.69, 9.17) is 27.9 Å². The SMILES string of the molecule is Cc1cc(OCCCc2c3n(c4c(-c5c(C)nn(C)c5C)c(Cl)ccc24)C(C)CN(c2cc(C(=O)O)c4c(cnn4C)c2)C3=O)cc(C)c1Cl. The van der Waals surface area contributed by atoms with Crippen molar-refractivity contribution in [2.45, 2.75) is 53.5 Å². The van der Waals surface area contributed by atoms with Crippen molar-refractivity contribution in [1.82, 2.24) is 24.1 Å². The Kier molecular flexibility index (Phi) is 8.43. The number of hydrogen-bond donors (Lipinski definition) is 1. The molecule has 3 aromatic carbocycles. The maximum Gasteiger partial charge on any atom is 0.337 e. The van der Waals surface area contributed by atoms with Crippen LogP contribution in [0.5, 0.6) is 5.75 Å². The van der Waals surface area contributed by atoms with Crippen LogP contribution in [0.2, 0.25) is 10.0 Å². The second kappa shape index (κ2) is 12.5. The Labute approximate surface area is 299 Å². The molecular weight excluding hydrogens is 675 g/mol. The van der Waals surface area contributed by atoms with Crippen LogP contribution in [0.15, 0.2) is 42.6 Å². The Bertz CT molecular complexity index is 2360. The van der Waals surface area contributed by atoms with Crippen LogP contribution >= 0.6 is 23.2 Å². The molecule has 0 aliphatic carbocycles. The monoisotopic (exact) mass is 712 g/mol. The van der Waals surface area contributed by atoms with Gasteiger partial charge in [-0.3, -0.25) is 14.2 Å². The maximum absolute atomic E-state index is 14.9. The number of aromatic carboxylic acids is 1. The van der Waals surface area contributed by atoms with Crippen LogP contribution in [-0.2, 0) is 20.5 Å². The minimum Gasteiger partial charge on any atom is -0.494 e. The van der Waals surface area contributed by atoms with Gasteiger partial charge < -0.3 is 19.3 Å². The summed E-state index contributed by atoms with van der Waals surface area (Å²) in [4.78, 5) is 28.9. The maximum atomic E-state index is 14.9. The summed E-state index contributed by atoms with van der Waals surface area (Å²) < 4.78 is 11.7. The number of carbonyl (C=O) groups is 2. The van der Waals surface area contributed by atoms with Crippen LogP contribution in [0.1, 0.15) is 68.3 Å². The van der Waals surface area contributed by atoms with Crippen LogP contribution in [0.25, 0.3) is 32.9 Å². The van der Waals surface area contributed by atoms with Gasteiger partial charge in [-0.15, -0.1) is 0 Å². The van der Waals surface area contributed by atoms with Crippen molar-refractivity contribution in [2.75, 3.05) is 18.1 Å². The molecule has 7 rings (SSSR count). The molecule has 0 saturated heterocycles. The molecule has 4 heterocycles. The van der Waals surface area contributed by atoms with Gasteiger partial charge in [0.2, 0.25) is 0 Å². The Hall–Kier alpha value is -4.80. The molecule has 0 bridgehead atoms. The van der Waals surface area contributed by atoms with Gasteiger partial charge in [0, 0.05) is 65.0 Å². The average Bonchev–Trinajstić information content (AvgIpc) is 3.69. The highest BCUT2D eigenvalue weighted by molar-refractivity contribution is 6.35. The van der Waals surface area contributed by atoms with Gasteiger partial charge in [-0.05, 0) is 94.5 Å². The number of amides is 1. The fourth-order valence-corrected chi connectivity index (χ4v) is 7.93. The minimum atomic E-state index is -1.08. The highest BCUT2D eigenvalue weighted by atomic mass is 35.5. The molecule has 1 unspecified atom stereocenters. The van der Waals surface area contributed by atoms with Crippen molar-refractivity contribution in [3.8, 4) is 16.9 Å². The lowest BCUT2D eigenvalue weighted by Gasteiger charge is -2.34. The van der Waals surface area contributed by atoms with Gasteiger partial charge in [0.25, 0.3) is 5.91 Å². The molecule has 1 N–H and O–H groups in total. The van der Waals surface area contributed by atoms with E-state index in [9.17, 15) is 14.7 Å². The number of hydrogen-bond acceptors (Lipinski definition) is 5. The zero-order valence-electron chi connectivity index (χ0n) is 29.1. The molecule has 1 atom stereocenters. The van der Waals surface area contributed by atoms with Gasteiger partial charge >= 0.3 is 5.97 Å². The van der Waals surface area contributed by atoms with E-state index in [1.54, 1.807) is 28.9 Å². The standard InChI is InChI=1S/C38H38Cl2N6O4/c1-19-13-26(14-20(2)33(19)40)50-12-8-9-27-28-10-11-30(39)32(31-22(4)42-43(6)23(31)5)35(28)46-21(3)18-45(37(47)36(27)46)25-15-24-17-41-44(7)34(24)29(16-25)38(48)49/h10-11,13-17,21H,8-9,12,18H2,1-7H3,(H,48,49). The molecule has 3 aromatic heterocycles. The van der Waals surface area contributed by atoms with Gasteiger partial charge in [-0.1, -0.05) is 29.3 Å². The lowest BCUT2D eigenvalue weighted by Crippen LogP contribution is -2.42. The highest BCUT2D eigenvalue weighted by Crippen LogP contribution is 2.45. The van der Waals surface area contributed by atoms with E-state index in [0.29, 0.717) is 53.3 Å². The quantitative estimate of drug-likeness (QED) is 0.159. The number of benzene rings is 3. The van der Waals surface area contributed by atoms with Gasteiger partial charge in [-0.25, -0.2) is 4.79 Å². The summed E-state index contributed by atoms with van der Waals surface area (Å²) in [6.45, 7) is 10.8. The van der Waals surface area contributed by atoms with E-state index in [-0.39, 0.29) is 17.5 Å². The fourth-order valence-electron chi connectivity index (χ4n) is 7.58. The van der Waals surface area contributed by atoms with E-state index in [2.05, 4.69) is 21.7 Å². The lowest BCUT2D eigenvalue weighted by molar-refractivity contribution is 0.0698. The average molecular weight is 714 g/mol. The zero-order chi connectivity index (χ0) is 35.8. The predicted octanol–water partition coefficient (Wildman–Crippen LogP) is 8.40. The molecule has 12 heteroatoms. The molecular formula is C38H38Cl2N6O4. The molecule has 1 amide bonds. The number of anilines is 1. The summed E-state index contributed by atoms with van der Waals surface area (Å²) >= 11 is 13.4. The topological polar surface area (TPSA) is 107 Å². The molecule has 0 saturated carbocycles. The third-order valence-electron chi connectivity index (χ3n) is 9.92. The number of rotatable bonds is 8. The smallest absolute Gasteiger partial charge is 0.337 e. The molecule has 10 nitrogen and oxygen atoms in total. The molecule has 6 aromatic rings. The Morgan fingerprint density at radius 2 is 1.72 bits per heavy atom. The number of carboxylic acids is 1. The first-order valence-electron chi connectivity index (χ1n) is 16.5. The van der Waals surface area contributed by atoms with Gasteiger partial charge in [0.15, 0.2) is 0 Å². The third-order valence-corrected chi connectivity index (χ3v) is 10.8. The van der Waals surface area contributed by atoms with Crippen LogP contribution in [0.3, 0.4) is 0 Å². The molecule has 1 aliphatic heterocycles. The largest absolute Gasteiger partial charge is 0.494 e. The highest BCUT2D eigenvalue weighted by Gasteiger charge is 2.37. The number of carboxylic acid groups (broad SMARTS) is 1. The van der Waals surface area contributed by atoms with Crippen molar-refractivity contribution < 1.29 is 19.4 Å². The van der Waals surface area contributed by atoms with Gasteiger partial charge in [0.1, 0.15) is 11.4 Å². The summed E-state index contributed by atoms with van der Waals surface area (Å²) in [6.07, 6.45) is 2.83. The number of aromatic nitrogens is 5. The first kappa shape index (κ1) is 33.7. The minimum absolute atomic E-state index is 0.0886. The van der Waals surface area contributed by atoms with Crippen molar-refractivity contribution in [3.63, 3.8) is 0 Å². The molecule has 50 heavy (non-hydrogen) atoms. The molecule has 0 spiro atoms. The summed E-state index contributed by atoms with van der Waals surface area (Å²) in [7, 11) is 3.62. The Balaban J connectivity index is 1.37. The summed E-state index contributed by atoms with van der Waals surface area (Å²) in [5, 5.41) is 22.0. The Morgan fingerprint density at radius 1 is 1.00 bits per heavy atom. The first-order chi connectivity index (χ1) is 23.8. The van der Waals surface area contributed by atoms with E-state index in [1.807, 2.05) is 69.8 Å². The lowest BCUT2D eigenvalue weighted by atomic mass is 9.98. The fraction of sp³-hybridized carbons (Fsp3) is 0.316. The number of nitrogens with zero attached hydrogens (tertiary/aromatic N) is 6. The van der Waals surface area contributed by atoms with E-state index < -0.39 is 5.97 Å². The number of ether oxygens (including phenoxy) is 1. The van der Waals surface area contributed by atoms with Crippen LogP contribution < -0.4 is 9.64 Å². The normalized spacial score (nSPS) is 14.6. The molecule has 258 valence electrons. The molecule has 0 fully saturated rings. The first-order valence-corrected chi connectivity index (χ1v) is 17.3. The van der Waals surface area contributed by atoms with Crippen molar-refractivity contribution in [3.05, 3.63) is 92.0 Å². The number of fused-ring (bicyclic) bond motifs is 4. The van der Waals surface area contributed by atoms with Crippen LogP contribution in [0.4, 0.5) is 5.69 Å². The second-order valence-electron chi connectivity index (χ2n) is 13.3. The van der Waals surface area contributed by atoms with Crippen molar-refractivity contribution in [2.24, 2.45) is 14.1 Å². The zero-order valence-corrected chi connectivity index (χ0v) is 30.6. The van der Waals surface area contributed by atoms with Gasteiger partial charge in [0.05, 0.1) is 40.1 Å². The third kappa shape index (κ3) is 5.32. The van der Waals surface area contributed by atoms with Crippen molar-refractivity contribution >= 4 is 62.6 Å². The van der Waals surface area contributed by atoms with Crippen LogP contribution in [0, 0.1) is 27.7 Å².